The molecule has 0 bridgehead atoms. The molecule has 0 aliphatic heterocycles. The highest BCUT2D eigenvalue weighted by atomic mass is 32.2. The van der Waals surface area contributed by atoms with Crippen molar-refractivity contribution in [1.82, 2.24) is 4.98 Å². The Labute approximate surface area is 133 Å². The lowest BCUT2D eigenvalue weighted by molar-refractivity contribution is -0.645. The standard InChI is InChI=1S/C17H14N2O2S/c20-19-11-4-3-9-17(19)22-13-14-6-1-2-8-16(14)21-15-7-5-10-18-12-15/h1-12H,13H2. The summed E-state index contributed by atoms with van der Waals surface area (Å²) >= 11 is 1.48. The van der Waals surface area contributed by atoms with Crippen LogP contribution in [0.15, 0.2) is 78.2 Å². The van der Waals surface area contributed by atoms with E-state index in [4.69, 9.17) is 4.74 Å². The third kappa shape index (κ3) is 3.56. The zero-order chi connectivity index (χ0) is 15.2. The van der Waals surface area contributed by atoms with Crippen molar-refractivity contribution >= 4 is 11.8 Å². The van der Waals surface area contributed by atoms with Crippen molar-refractivity contribution in [1.29, 1.82) is 0 Å². The number of pyridine rings is 2. The second kappa shape index (κ2) is 6.95. The summed E-state index contributed by atoms with van der Waals surface area (Å²) in [4.78, 5) is 4.04. The highest BCUT2D eigenvalue weighted by molar-refractivity contribution is 7.98. The number of hydrogen-bond acceptors (Lipinski definition) is 4. The van der Waals surface area contributed by atoms with Gasteiger partial charge in [0, 0.05) is 29.6 Å². The number of aromatic nitrogens is 2. The van der Waals surface area contributed by atoms with E-state index in [1.807, 2.05) is 48.5 Å². The van der Waals surface area contributed by atoms with Crippen LogP contribution in [0.4, 0.5) is 0 Å². The van der Waals surface area contributed by atoms with Gasteiger partial charge in [-0.05, 0) is 24.3 Å². The van der Waals surface area contributed by atoms with Crippen LogP contribution in [0, 0.1) is 5.21 Å². The molecule has 0 saturated heterocycles. The highest BCUT2D eigenvalue weighted by Gasteiger charge is 2.09. The van der Waals surface area contributed by atoms with Crippen LogP contribution in [0.3, 0.4) is 0 Å². The first kappa shape index (κ1) is 14.4. The van der Waals surface area contributed by atoms with E-state index in [1.54, 1.807) is 18.5 Å². The number of ether oxygens (including phenoxy) is 1. The predicted molar refractivity (Wildman–Crippen MR) is 85.7 cm³/mol. The van der Waals surface area contributed by atoms with Crippen LogP contribution in [0.2, 0.25) is 0 Å². The average Bonchev–Trinajstić information content (AvgIpc) is 2.56. The molecule has 0 atom stereocenters. The molecule has 0 unspecified atom stereocenters. The number of hydrogen-bond donors (Lipinski definition) is 0. The van der Waals surface area contributed by atoms with Gasteiger partial charge in [0.15, 0.2) is 6.20 Å². The summed E-state index contributed by atoms with van der Waals surface area (Å²) in [5.74, 6) is 2.12. The Bertz CT molecular complexity index is 750. The smallest absolute Gasteiger partial charge is 0.251 e. The van der Waals surface area contributed by atoms with E-state index in [2.05, 4.69) is 4.98 Å². The lowest BCUT2D eigenvalue weighted by Gasteiger charge is -2.10. The van der Waals surface area contributed by atoms with Gasteiger partial charge in [0.05, 0.1) is 6.20 Å². The minimum atomic E-state index is 0.655. The van der Waals surface area contributed by atoms with Gasteiger partial charge in [0.1, 0.15) is 11.5 Å². The molecule has 0 aliphatic carbocycles. The van der Waals surface area contributed by atoms with Gasteiger partial charge in [-0.25, -0.2) is 0 Å². The summed E-state index contributed by atoms with van der Waals surface area (Å²) in [6, 6.07) is 16.9. The van der Waals surface area contributed by atoms with E-state index in [9.17, 15) is 5.21 Å². The SMILES string of the molecule is [O-][n+]1ccccc1SCc1ccccc1Oc1cccnc1. The second-order valence-electron chi connectivity index (χ2n) is 4.55. The first-order chi connectivity index (χ1) is 10.8. The van der Waals surface area contributed by atoms with E-state index >= 15 is 0 Å². The molecule has 4 nitrogen and oxygen atoms in total. The lowest BCUT2D eigenvalue weighted by Crippen LogP contribution is -2.27. The molecular weight excluding hydrogens is 296 g/mol. The first-order valence-electron chi connectivity index (χ1n) is 6.80. The molecule has 0 saturated carbocycles. The molecule has 0 N–H and O–H groups in total. The molecule has 22 heavy (non-hydrogen) atoms. The van der Waals surface area contributed by atoms with Gasteiger partial charge in [-0.1, -0.05) is 30.0 Å². The Morgan fingerprint density at radius 1 is 1.05 bits per heavy atom. The van der Waals surface area contributed by atoms with Crippen LogP contribution in [0.5, 0.6) is 11.5 Å². The topological polar surface area (TPSA) is 49.1 Å². The van der Waals surface area contributed by atoms with E-state index < -0.39 is 0 Å². The van der Waals surface area contributed by atoms with Crippen molar-refractivity contribution in [3.8, 4) is 11.5 Å². The second-order valence-corrected chi connectivity index (χ2v) is 5.55. The summed E-state index contributed by atoms with van der Waals surface area (Å²) < 4.78 is 6.74. The van der Waals surface area contributed by atoms with Crippen LogP contribution < -0.4 is 9.47 Å². The van der Waals surface area contributed by atoms with Crippen LogP contribution in [-0.2, 0) is 5.75 Å². The van der Waals surface area contributed by atoms with Gasteiger partial charge in [-0.15, -0.1) is 0 Å². The monoisotopic (exact) mass is 310 g/mol. The van der Waals surface area contributed by atoms with Gasteiger partial charge in [0.2, 0.25) is 0 Å². The fourth-order valence-corrected chi connectivity index (χ4v) is 2.84. The summed E-state index contributed by atoms with van der Waals surface area (Å²) in [6.45, 7) is 0. The molecule has 0 fully saturated rings. The van der Waals surface area contributed by atoms with E-state index in [1.165, 1.54) is 18.0 Å². The third-order valence-corrected chi connectivity index (χ3v) is 4.07. The summed E-state index contributed by atoms with van der Waals surface area (Å²) in [6.07, 6.45) is 4.88. The summed E-state index contributed by atoms with van der Waals surface area (Å²) in [5, 5.41) is 12.3. The number of para-hydroxylation sites is 1. The van der Waals surface area contributed by atoms with Gasteiger partial charge in [-0.2, -0.15) is 4.73 Å². The minimum Gasteiger partial charge on any atom is -0.618 e. The maximum absolute atomic E-state index is 11.7. The molecule has 2 aromatic heterocycles. The third-order valence-electron chi connectivity index (χ3n) is 3.00. The van der Waals surface area contributed by atoms with E-state index in [0.29, 0.717) is 16.5 Å². The number of nitrogens with zero attached hydrogens (tertiary/aromatic N) is 2. The Morgan fingerprint density at radius 3 is 2.73 bits per heavy atom. The molecule has 0 amide bonds. The van der Waals surface area contributed by atoms with E-state index in [-0.39, 0.29) is 0 Å². The molecule has 3 rings (SSSR count). The molecule has 5 heteroatoms. The molecular formula is C17H14N2O2S. The number of rotatable bonds is 5. The molecule has 2 heterocycles. The van der Waals surface area contributed by atoms with Crippen LogP contribution >= 0.6 is 11.8 Å². The maximum Gasteiger partial charge on any atom is 0.251 e. The summed E-state index contributed by atoms with van der Waals surface area (Å²) in [5.41, 5.74) is 1.03. The molecule has 0 spiro atoms. The molecule has 0 aliphatic rings. The lowest BCUT2D eigenvalue weighted by atomic mass is 10.2. The Balaban J connectivity index is 1.75. The van der Waals surface area contributed by atoms with Crippen molar-refractivity contribution in [2.45, 2.75) is 10.8 Å². The van der Waals surface area contributed by atoms with Crippen LogP contribution in [0.1, 0.15) is 5.56 Å². The van der Waals surface area contributed by atoms with Crippen LogP contribution in [0.25, 0.3) is 0 Å². The predicted octanol–water partition coefficient (Wildman–Crippen LogP) is 3.80. The first-order valence-corrected chi connectivity index (χ1v) is 7.78. The normalized spacial score (nSPS) is 10.4. The average molecular weight is 310 g/mol. The Morgan fingerprint density at radius 2 is 1.91 bits per heavy atom. The molecule has 3 aromatic rings. The molecule has 110 valence electrons. The van der Waals surface area contributed by atoms with Crippen molar-refractivity contribution < 1.29 is 9.47 Å². The molecule has 0 radical (unpaired) electrons. The van der Waals surface area contributed by atoms with Gasteiger partial charge in [0.25, 0.3) is 5.03 Å². The van der Waals surface area contributed by atoms with Gasteiger partial charge < -0.3 is 9.94 Å². The summed E-state index contributed by atoms with van der Waals surface area (Å²) in [7, 11) is 0. The minimum absolute atomic E-state index is 0.655. The largest absolute Gasteiger partial charge is 0.618 e. The zero-order valence-corrected chi connectivity index (χ0v) is 12.6. The Kier molecular flexibility index (Phi) is 4.56. The van der Waals surface area contributed by atoms with Crippen molar-refractivity contribution in [2.24, 2.45) is 0 Å². The quantitative estimate of drug-likeness (QED) is 0.408. The van der Waals surface area contributed by atoms with E-state index in [0.717, 1.165) is 16.0 Å². The Hall–Kier alpha value is -2.53. The fraction of sp³-hybridized carbons (Fsp3) is 0.0588. The van der Waals surface area contributed by atoms with Gasteiger partial charge in [-0.3, -0.25) is 4.98 Å². The van der Waals surface area contributed by atoms with Crippen molar-refractivity contribution in [2.75, 3.05) is 0 Å². The maximum atomic E-state index is 11.7. The highest BCUT2D eigenvalue weighted by Crippen LogP contribution is 2.29. The fourth-order valence-electron chi connectivity index (χ4n) is 1.93. The number of benzene rings is 1. The van der Waals surface area contributed by atoms with Crippen LogP contribution in [-0.4, -0.2) is 4.98 Å². The van der Waals surface area contributed by atoms with Gasteiger partial charge >= 0.3 is 0 Å². The zero-order valence-electron chi connectivity index (χ0n) is 11.8. The van der Waals surface area contributed by atoms with Crippen molar-refractivity contribution in [3.05, 3.63) is 84.0 Å². The van der Waals surface area contributed by atoms with Crippen molar-refractivity contribution in [3.63, 3.8) is 0 Å². The number of thioether (sulfide) groups is 1. The molecule has 1 aromatic carbocycles.